The molecular weight excluding hydrogens is 254 g/mol. The smallest absolute Gasteiger partial charge is 0.0828 e. The van der Waals surface area contributed by atoms with Gasteiger partial charge in [0, 0.05) is 0 Å². The fourth-order valence-electron chi connectivity index (χ4n) is 3.17. The van der Waals surface area contributed by atoms with E-state index >= 15 is 0 Å². The molecule has 0 aliphatic carbocycles. The zero-order valence-electron chi connectivity index (χ0n) is 13.2. The summed E-state index contributed by atoms with van der Waals surface area (Å²) in [5, 5.41) is 12.5. The normalized spacial score (nSPS) is 11.5. The first-order valence-electron chi connectivity index (χ1n) is 8.17. The third-order valence-corrected chi connectivity index (χ3v) is 4.43. The van der Waals surface area contributed by atoms with Gasteiger partial charge in [-0.1, -0.05) is 82.0 Å². The number of benzene rings is 2. The molecule has 21 heavy (non-hydrogen) atoms. The molecule has 0 aliphatic rings. The van der Waals surface area contributed by atoms with E-state index in [1.165, 1.54) is 16.3 Å². The molecule has 0 N–H and O–H groups in total. The van der Waals surface area contributed by atoms with E-state index in [-0.39, 0.29) is 5.41 Å². The maximum Gasteiger partial charge on any atom is 0.0828 e. The first-order valence-corrected chi connectivity index (χ1v) is 8.17. The molecule has 0 amide bonds. The Balaban J connectivity index is 2.54. The van der Waals surface area contributed by atoms with Crippen LogP contribution in [0, 0.1) is 11.3 Å². The van der Waals surface area contributed by atoms with Gasteiger partial charge in [0.05, 0.1) is 11.5 Å². The Morgan fingerprint density at radius 1 is 0.905 bits per heavy atom. The monoisotopic (exact) mass is 279 g/mol. The maximum absolute atomic E-state index is 9.99. The van der Waals surface area contributed by atoms with Crippen LogP contribution in [0.15, 0.2) is 42.5 Å². The van der Waals surface area contributed by atoms with Crippen LogP contribution in [0.25, 0.3) is 10.8 Å². The Kier molecular flexibility index (Phi) is 5.39. The van der Waals surface area contributed by atoms with Crippen molar-refractivity contribution in [2.75, 3.05) is 0 Å². The molecule has 1 heteroatoms. The van der Waals surface area contributed by atoms with E-state index in [0.29, 0.717) is 0 Å². The SMILES string of the molecule is CCCCC(C#N)(CCCC)c1cccc2ccccc12. The minimum Gasteiger partial charge on any atom is -0.197 e. The highest BCUT2D eigenvalue weighted by Gasteiger charge is 2.32. The lowest BCUT2D eigenvalue weighted by atomic mass is 9.72. The predicted octanol–water partition coefficient (Wildman–Crippen LogP) is 5.98. The van der Waals surface area contributed by atoms with Gasteiger partial charge in [0.1, 0.15) is 0 Å². The first kappa shape index (κ1) is 15.6. The summed E-state index contributed by atoms with van der Waals surface area (Å²) in [6, 6.07) is 17.5. The third kappa shape index (κ3) is 3.27. The predicted molar refractivity (Wildman–Crippen MR) is 90.3 cm³/mol. The quantitative estimate of drug-likeness (QED) is 0.611. The standard InChI is InChI=1S/C20H25N/c1-3-5-14-20(16-21,15-6-4-2)19-13-9-11-17-10-7-8-12-18(17)19/h7-13H,3-6,14-15H2,1-2H3. The van der Waals surface area contributed by atoms with Gasteiger partial charge in [-0.25, -0.2) is 0 Å². The number of nitrogens with zero attached hydrogens (tertiary/aromatic N) is 1. The van der Waals surface area contributed by atoms with Gasteiger partial charge in [-0.15, -0.1) is 0 Å². The van der Waals surface area contributed by atoms with E-state index < -0.39 is 0 Å². The van der Waals surface area contributed by atoms with Gasteiger partial charge in [0.2, 0.25) is 0 Å². The average molecular weight is 279 g/mol. The van der Waals surface area contributed by atoms with Crippen molar-refractivity contribution < 1.29 is 0 Å². The second kappa shape index (κ2) is 7.27. The molecule has 0 bridgehead atoms. The van der Waals surface area contributed by atoms with Crippen LogP contribution < -0.4 is 0 Å². The second-order valence-electron chi connectivity index (χ2n) is 5.93. The van der Waals surface area contributed by atoms with Crippen molar-refractivity contribution in [1.29, 1.82) is 5.26 Å². The van der Waals surface area contributed by atoms with Crippen LogP contribution in [0.3, 0.4) is 0 Å². The molecule has 0 fully saturated rings. The summed E-state index contributed by atoms with van der Waals surface area (Å²) in [5.74, 6) is 0. The van der Waals surface area contributed by atoms with Gasteiger partial charge in [-0.3, -0.25) is 0 Å². The van der Waals surface area contributed by atoms with Gasteiger partial charge in [-0.2, -0.15) is 5.26 Å². The highest BCUT2D eigenvalue weighted by Crippen LogP contribution is 2.38. The lowest BCUT2D eigenvalue weighted by molar-refractivity contribution is 0.433. The fourth-order valence-corrected chi connectivity index (χ4v) is 3.17. The molecule has 0 spiro atoms. The van der Waals surface area contributed by atoms with Crippen LogP contribution in [0.1, 0.15) is 57.9 Å². The van der Waals surface area contributed by atoms with E-state index in [1.54, 1.807) is 0 Å². The first-order chi connectivity index (χ1) is 10.3. The van der Waals surface area contributed by atoms with Crippen LogP contribution in [-0.4, -0.2) is 0 Å². The van der Waals surface area contributed by atoms with E-state index in [1.807, 2.05) is 0 Å². The lowest BCUT2D eigenvalue weighted by Crippen LogP contribution is -2.24. The molecule has 0 saturated carbocycles. The van der Waals surface area contributed by atoms with Crippen molar-refractivity contribution >= 4 is 10.8 Å². The van der Waals surface area contributed by atoms with Gasteiger partial charge >= 0.3 is 0 Å². The largest absolute Gasteiger partial charge is 0.197 e. The van der Waals surface area contributed by atoms with Crippen molar-refractivity contribution in [2.24, 2.45) is 0 Å². The zero-order valence-corrected chi connectivity index (χ0v) is 13.2. The second-order valence-corrected chi connectivity index (χ2v) is 5.93. The number of hydrogen-bond donors (Lipinski definition) is 0. The molecule has 0 radical (unpaired) electrons. The molecule has 0 heterocycles. The topological polar surface area (TPSA) is 23.8 Å². The summed E-state index contributed by atoms with van der Waals surface area (Å²) in [6.07, 6.45) is 6.43. The summed E-state index contributed by atoms with van der Waals surface area (Å²) >= 11 is 0. The van der Waals surface area contributed by atoms with Crippen LogP contribution >= 0.6 is 0 Å². The highest BCUT2D eigenvalue weighted by molar-refractivity contribution is 5.87. The van der Waals surface area contributed by atoms with E-state index in [4.69, 9.17) is 0 Å². The fraction of sp³-hybridized carbons (Fsp3) is 0.450. The molecule has 0 saturated heterocycles. The Morgan fingerprint density at radius 2 is 1.52 bits per heavy atom. The van der Waals surface area contributed by atoms with Gasteiger partial charge in [-0.05, 0) is 29.2 Å². The molecule has 2 rings (SSSR count). The molecular formula is C20H25N. The average Bonchev–Trinajstić information content (AvgIpc) is 2.55. The molecule has 1 nitrogen and oxygen atoms in total. The number of nitriles is 1. The summed E-state index contributed by atoms with van der Waals surface area (Å²) < 4.78 is 0. The minimum absolute atomic E-state index is 0.327. The van der Waals surface area contributed by atoms with Crippen LogP contribution in [0.4, 0.5) is 0 Å². The molecule has 0 atom stereocenters. The number of hydrogen-bond acceptors (Lipinski definition) is 1. The molecule has 2 aromatic rings. The van der Waals surface area contributed by atoms with E-state index in [9.17, 15) is 5.26 Å². The van der Waals surface area contributed by atoms with Crippen LogP contribution in [-0.2, 0) is 5.41 Å². The molecule has 0 unspecified atom stereocenters. The number of rotatable bonds is 7. The Bertz CT molecular complexity index is 608. The van der Waals surface area contributed by atoms with Crippen molar-refractivity contribution in [1.82, 2.24) is 0 Å². The van der Waals surface area contributed by atoms with Gasteiger partial charge < -0.3 is 0 Å². The van der Waals surface area contributed by atoms with E-state index in [0.717, 1.165) is 38.5 Å². The number of fused-ring (bicyclic) bond motifs is 1. The Morgan fingerprint density at radius 3 is 2.14 bits per heavy atom. The van der Waals surface area contributed by atoms with Crippen molar-refractivity contribution in [3.05, 3.63) is 48.0 Å². The lowest BCUT2D eigenvalue weighted by Gasteiger charge is -2.28. The third-order valence-electron chi connectivity index (χ3n) is 4.43. The van der Waals surface area contributed by atoms with Crippen LogP contribution in [0.2, 0.25) is 0 Å². The van der Waals surface area contributed by atoms with Gasteiger partial charge in [0.15, 0.2) is 0 Å². The van der Waals surface area contributed by atoms with Crippen molar-refractivity contribution in [3.8, 4) is 6.07 Å². The highest BCUT2D eigenvalue weighted by atomic mass is 14.4. The molecule has 2 aromatic carbocycles. The van der Waals surface area contributed by atoms with E-state index in [2.05, 4.69) is 62.4 Å². The Labute approximate surface area is 128 Å². The summed E-state index contributed by atoms with van der Waals surface area (Å²) in [7, 11) is 0. The van der Waals surface area contributed by atoms with Gasteiger partial charge in [0.25, 0.3) is 0 Å². The van der Waals surface area contributed by atoms with Crippen molar-refractivity contribution in [2.45, 2.75) is 57.8 Å². The Hall–Kier alpha value is -1.81. The van der Waals surface area contributed by atoms with Crippen LogP contribution in [0.5, 0.6) is 0 Å². The summed E-state index contributed by atoms with van der Waals surface area (Å²) in [6.45, 7) is 4.40. The van der Waals surface area contributed by atoms with Crippen molar-refractivity contribution in [3.63, 3.8) is 0 Å². The minimum atomic E-state index is -0.327. The summed E-state index contributed by atoms with van der Waals surface area (Å²) in [4.78, 5) is 0. The molecule has 0 aromatic heterocycles. The summed E-state index contributed by atoms with van der Waals surface area (Å²) in [5.41, 5.74) is 0.900. The number of unbranched alkanes of at least 4 members (excludes halogenated alkanes) is 2. The maximum atomic E-state index is 9.99. The molecule has 0 aliphatic heterocycles. The zero-order chi connectivity index (χ0) is 15.1. The molecule has 110 valence electrons.